The highest BCUT2D eigenvalue weighted by atomic mass is 16.7. The number of aliphatic hydroxyl groups excluding tert-OH is 1. The molecule has 0 radical (unpaired) electrons. The van der Waals surface area contributed by atoms with Crippen LogP contribution in [0.3, 0.4) is 0 Å². The summed E-state index contributed by atoms with van der Waals surface area (Å²) in [6.07, 6.45) is -3.74. The molecule has 4 saturated heterocycles. The summed E-state index contributed by atoms with van der Waals surface area (Å²) >= 11 is 0. The Bertz CT molecular complexity index is 1610. The van der Waals surface area contributed by atoms with Crippen LogP contribution in [0.2, 0.25) is 0 Å². The van der Waals surface area contributed by atoms with Gasteiger partial charge in [-0.05, 0) is 26.3 Å². The minimum atomic E-state index is -2.81. The normalized spacial score (nSPS) is 53.3. The van der Waals surface area contributed by atoms with E-state index in [9.17, 15) is 34.5 Å². The molecule has 274 valence electrons. The second kappa shape index (κ2) is 10.5. The van der Waals surface area contributed by atoms with Gasteiger partial charge in [0.25, 0.3) is 5.79 Å². The van der Waals surface area contributed by atoms with Gasteiger partial charge in [-0.2, -0.15) is 0 Å². The number of carbonyl (C=O) groups is 4. The van der Waals surface area contributed by atoms with E-state index in [-0.39, 0.29) is 25.0 Å². The van der Waals surface area contributed by atoms with Crippen LogP contribution in [0, 0.1) is 34.0 Å². The maximum Gasteiger partial charge on any atom is 0.366 e. The molecule has 7 fully saturated rings. The molecule has 16 atom stereocenters. The highest BCUT2D eigenvalue weighted by Gasteiger charge is 2.94. The molecule has 3 N–H and O–H groups in total. The quantitative estimate of drug-likeness (QED) is 0.136. The third kappa shape index (κ3) is 3.60. The van der Waals surface area contributed by atoms with Gasteiger partial charge in [0.2, 0.25) is 6.29 Å². The van der Waals surface area contributed by atoms with E-state index >= 15 is 0 Å². The number of carbonyl (C=O) groups excluding carboxylic acids is 4. The monoisotopic (exact) mass is 706 g/mol. The third-order valence-electron chi connectivity index (χ3n) is 13.6. The standard InChI is InChI=1S/C34H42O16/c1-7-14(2)24(37)48-17-11-18(47-15(3)35)31(26(38)42-5)12-45-20-21(31)30(17)13-46-34(41,27(39)43-6)25(30)29(4,22(20)36)33-19-10-16(23(33)50-33)32(40)8-9-44-28(32)49-19/h7-9,16-23,25,28,36,40-41H,10-13H2,1-6H3. The van der Waals surface area contributed by atoms with Gasteiger partial charge in [0.05, 0.1) is 58.1 Å². The second-order valence-electron chi connectivity index (χ2n) is 15.2. The summed E-state index contributed by atoms with van der Waals surface area (Å²) in [7, 11) is 2.23. The zero-order valence-electron chi connectivity index (χ0n) is 28.5. The van der Waals surface area contributed by atoms with Gasteiger partial charge < -0.3 is 58.0 Å². The van der Waals surface area contributed by atoms with E-state index in [1.165, 1.54) is 19.3 Å². The van der Waals surface area contributed by atoms with E-state index in [4.69, 9.17) is 42.6 Å². The predicted octanol–water partition coefficient (Wildman–Crippen LogP) is -0.593. The Morgan fingerprint density at radius 1 is 0.980 bits per heavy atom. The molecule has 3 aliphatic carbocycles. The predicted molar refractivity (Wildman–Crippen MR) is 160 cm³/mol. The van der Waals surface area contributed by atoms with Crippen molar-refractivity contribution in [3.8, 4) is 0 Å². The summed E-state index contributed by atoms with van der Waals surface area (Å²) in [6, 6.07) is 0. The zero-order valence-corrected chi connectivity index (χ0v) is 28.5. The van der Waals surface area contributed by atoms with Crippen molar-refractivity contribution in [3.05, 3.63) is 24.0 Å². The van der Waals surface area contributed by atoms with Gasteiger partial charge in [0, 0.05) is 47.5 Å². The Morgan fingerprint density at radius 2 is 1.70 bits per heavy atom. The fourth-order valence-corrected chi connectivity index (χ4v) is 11.5. The molecule has 50 heavy (non-hydrogen) atoms. The lowest BCUT2D eigenvalue weighted by Crippen LogP contribution is -2.79. The lowest BCUT2D eigenvalue weighted by Gasteiger charge is -2.65. The van der Waals surface area contributed by atoms with Crippen LogP contribution in [0.5, 0.6) is 0 Å². The van der Waals surface area contributed by atoms with Crippen LogP contribution in [0.25, 0.3) is 0 Å². The molecule has 16 nitrogen and oxygen atoms in total. The van der Waals surface area contributed by atoms with E-state index < -0.39 is 124 Å². The van der Waals surface area contributed by atoms with Gasteiger partial charge in [0.15, 0.2) is 5.60 Å². The molecule has 8 aliphatic rings. The highest BCUT2D eigenvalue weighted by molar-refractivity contribution is 5.88. The number of rotatable bonds is 6. The molecular formula is C34H42O16. The van der Waals surface area contributed by atoms with Crippen LogP contribution in [-0.2, 0) is 61.8 Å². The molecule has 0 aromatic carbocycles. The van der Waals surface area contributed by atoms with Crippen molar-refractivity contribution in [1.82, 2.24) is 0 Å². The van der Waals surface area contributed by atoms with E-state index in [1.807, 2.05) is 0 Å². The van der Waals surface area contributed by atoms with Crippen molar-refractivity contribution in [2.75, 3.05) is 27.4 Å². The van der Waals surface area contributed by atoms with Gasteiger partial charge in [-0.3, -0.25) is 9.59 Å². The number of hydrogen-bond donors (Lipinski definition) is 3. The van der Waals surface area contributed by atoms with Crippen molar-refractivity contribution in [2.45, 2.75) is 100 Å². The third-order valence-corrected chi connectivity index (χ3v) is 13.6. The number of epoxide rings is 1. The molecule has 8 rings (SSSR count). The summed E-state index contributed by atoms with van der Waals surface area (Å²) in [5.41, 5.74) is -8.07. The van der Waals surface area contributed by atoms with Crippen LogP contribution in [-0.4, -0.2) is 127 Å². The molecule has 5 aliphatic heterocycles. The average molecular weight is 707 g/mol. The van der Waals surface area contributed by atoms with Crippen LogP contribution >= 0.6 is 0 Å². The molecule has 1 spiro atoms. The summed E-state index contributed by atoms with van der Waals surface area (Å²) in [6.45, 7) is 5.12. The van der Waals surface area contributed by atoms with Crippen molar-refractivity contribution >= 4 is 23.9 Å². The van der Waals surface area contributed by atoms with Crippen molar-refractivity contribution < 1.29 is 77.1 Å². The Hall–Kier alpha value is -3.12. The van der Waals surface area contributed by atoms with E-state index in [0.29, 0.717) is 0 Å². The fourth-order valence-electron chi connectivity index (χ4n) is 11.5. The number of hydrogen-bond acceptors (Lipinski definition) is 16. The first kappa shape index (κ1) is 34.0. The molecule has 0 amide bonds. The van der Waals surface area contributed by atoms with Crippen LogP contribution in [0.1, 0.15) is 40.5 Å². The van der Waals surface area contributed by atoms with E-state index in [0.717, 1.165) is 14.2 Å². The first-order valence-corrected chi connectivity index (χ1v) is 16.8. The molecule has 2 bridgehead atoms. The summed E-state index contributed by atoms with van der Waals surface area (Å²) < 4.78 is 53.5. The SMILES string of the molecule is CC=C(C)C(=O)OC1CC(OC(C)=O)C2(C(=O)OC)COC3C2C12COC(O)(C(=O)OC)C2C(C)(C12OC1C1CC2OC2OC=CC21O)C3O. The molecule has 0 aromatic heterocycles. The number of allylic oxidation sites excluding steroid dienone is 1. The smallest absolute Gasteiger partial charge is 0.366 e. The first-order chi connectivity index (χ1) is 23.6. The summed E-state index contributed by atoms with van der Waals surface area (Å²) in [4.78, 5) is 54.2. The minimum Gasteiger partial charge on any atom is -0.469 e. The highest BCUT2D eigenvalue weighted by Crippen LogP contribution is 2.80. The van der Waals surface area contributed by atoms with Gasteiger partial charge in [-0.1, -0.05) is 13.0 Å². The molecule has 0 aromatic rings. The van der Waals surface area contributed by atoms with Gasteiger partial charge >= 0.3 is 23.9 Å². The van der Waals surface area contributed by atoms with Gasteiger partial charge in [-0.25, -0.2) is 9.59 Å². The molecule has 16 unspecified atom stereocenters. The van der Waals surface area contributed by atoms with Gasteiger partial charge in [-0.15, -0.1) is 0 Å². The average Bonchev–Trinajstić information content (AvgIpc) is 3.34. The minimum absolute atomic E-state index is 0.238. The maximum absolute atomic E-state index is 14.1. The van der Waals surface area contributed by atoms with Gasteiger partial charge in [0.1, 0.15) is 23.2 Å². The molecular weight excluding hydrogens is 664 g/mol. The van der Waals surface area contributed by atoms with Crippen molar-refractivity contribution in [3.63, 3.8) is 0 Å². The summed E-state index contributed by atoms with van der Waals surface area (Å²) in [5, 5.41) is 37.1. The maximum atomic E-state index is 14.1. The number of methoxy groups -OCH3 is 2. The van der Waals surface area contributed by atoms with E-state index in [2.05, 4.69) is 0 Å². The largest absolute Gasteiger partial charge is 0.469 e. The van der Waals surface area contributed by atoms with E-state index in [1.54, 1.807) is 26.8 Å². The Balaban J connectivity index is 1.38. The lowest BCUT2D eigenvalue weighted by atomic mass is 9.37. The number of esters is 4. The van der Waals surface area contributed by atoms with Crippen LogP contribution < -0.4 is 0 Å². The number of ether oxygens (including phenoxy) is 9. The molecule has 16 heteroatoms. The molecule has 3 saturated carbocycles. The Kier molecular flexibility index (Phi) is 7.13. The molecule has 5 heterocycles. The second-order valence-corrected chi connectivity index (χ2v) is 15.2. The fraction of sp³-hybridized carbons (Fsp3) is 0.765. The van der Waals surface area contributed by atoms with Crippen LogP contribution in [0.15, 0.2) is 24.0 Å². The summed E-state index contributed by atoms with van der Waals surface area (Å²) in [5.74, 6) is -9.65. The van der Waals surface area contributed by atoms with Crippen molar-refractivity contribution in [1.29, 1.82) is 0 Å². The lowest BCUT2D eigenvalue weighted by molar-refractivity contribution is -0.314. The number of aliphatic hydroxyl groups is 3. The number of fused-ring (bicyclic) bond motifs is 7. The zero-order chi connectivity index (χ0) is 36.0. The topological polar surface area (TPSA) is 215 Å². The Morgan fingerprint density at radius 3 is 2.36 bits per heavy atom. The van der Waals surface area contributed by atoms with Crippen LogP contribution in [0.4, 0.5) is 0 Å². The Labute approximate surface area is 286 Å². The first-order valence-electron chi connectivity index (χ1n) is 16.8. The van der Waals surface area contributed by atoms with Crippen molar-refractivity contribution in [2.24, 2.45) is 34.0 Å².